The van der Waals surface area contributed by atoms with Crippen molar-refractivity contribution < 1.29 is 24.5 Å². The second kappa shape index (κ2) is 59.4. The Morgan fingerprint density at radius 1 is 0.348 bits per heavy atom. The molecule has 0 bridgehead atoms. The Morgan fingerprint density at radius 3 is 0.884 bits per heavy atom. The van der Waals surface area contributed by atoms with Gasteiger partial charge in [0.1, 0.15) is 0 Å². The van der Waals surface area contributed by atoms with E-state index in [1.807, 2.05) is 0 Å². The summed E-state index contributed by atoms with van der Waals surface area (Å²) in [7, 11) is 0. The molecule has 2 atom stereocenters. The third-order valence-corrected chi connectivity index (χ3v) is 15.2. The molecule has 0 aromatic carbocycles. The van der Waals surface area contributed by atoms with Gasteiger partial charge in [-0.2, -0.15) is 0 Å². The van der Waals surface area contributed by atoms with E-state index in [9.17, 15) is 19.8 Å². The number of amides is 1. The predicted octanol–water partition coefficient (Wildman–Crippen LogP) is 19.9. The maximum atomic E-state index is 12.5. The number of hydrogen-bond donors (Lipinski definition) is 3. The van der Waals surface area contributed by atoms with Crippen LogP contribution in [0.15, 0.2) is 0 Å². The predicted molar refractivity (Wildman–Crippen MR) is 301 cm³/mol. The highest BCUT2D eigenvalue weighted by molar-refractivity contribution is 5.76. The number of nitrogens with one attached hydrogen (secondary N) is 1. The van der Waals surface area contributed by atoms with Gasteiger partial charge in [0.2, 0.25) is 5.91 Å². The van der Waals surface area contributed by atoms with E-state index in [1.165, 1.54) is 295 Å². The summed E-state index contributed by atoms with van der Waals surface area (Å²) in [6, 6.07) is -0.539. The first-order chi connectivity index (χ1) is 34.0. The minimum absolute atomic E-state index is 0.0184. The number of carbonyl (C=O) groups is 2. The Balaban J connectivity index is 3.34. The van der Waals surface area contributed by atoms with Gasteiger partial charge in [-0.15, -0.1) is 0 Å². The average molecular weight is 977 g/mol. The van der Waals surface area contributed by atoms with Crippen LogP contribution in [0.5, 0.6) is 0 Å². The van der Waals surface area contributed by atoms with Crippen LogP contribution in [0.4, 0.5) is 0 Å². The van der Waals surface area contributed by atoms with Gasteiger partial charge in [-0.25, -0.2) is 0 Å². The summed E-state index contributed by atoms with van der Waals surface area (Å²) in [5, 5.41) is 23.3. The van der Waals surface area contributed by atoms with Gasteiger partial charge in [0.05, 0.1) is 25.4 Å². The lowest BCUT2D eigenvalue weighted by Gasteiger charge is -2.22. The molecule has 0 radical (unpaired) electrons. The lowest BCUT2D eigenvalue weighted by atomic mass is 10.0. The quantitative estimate of drug-likeness (QED) is 0.0417. The first-order valence-corrected chi connectivity index (χ1v) is 31.8. The Morgan fingerprint density at radius 2 is 0.594 bits per heavy atom. The molecule has 6 heteroatoms. The number of rotatable bonds is 60. The SMILES string of the molecule is CCCCCCCCCCCCCCCCCC(=O)OCCCCCCCCCCCCCCCCCCCCCCCCCC(=O)NC(CO)C(O)CCCCCCCCCCCCCCCC. The molecule has 69 heavy (non-hydrogen) atoms. The summed E-state index contributed by atoms with van der Waals surface area (Å²) < 4.78 is 5.49. The molecule has 0 aromatic heterocycles. The zero-order valence-corrected chi connectivity index (χ0v) is 47.1. The van der Waals surface area contributed by atoms with Crippen molar-refractivity contribution in [2.75, 3.05) is 13.2 Å². The molecule has 0 saturated heterocycles. The van der Waals surface area contributed by atoms with E-state index in [2.05, 4.69) is 19.2 Å². The molecule has 2 unspecified atom stereocenters. The zero-order chi connectivity index (χ0) is 50.0. The molecule has 412 valence electrons. The van der Waals surface area contributed by atoms with Crippen molar-refractivity contribution in [2.24, 2.45) is 0 Å². The Kier molecular flexibility index (Phi) is 58.4. The second-order valence-electron chi connectivity index (χ2n) is 22.1. The fourth-order valence-corrected chi connectivity index (χ4v) is 10.3. The number of ether oxygens (including phenoxy) is 1. The minimum Gasteiger partial charge on any atom is -0.466 e. The van der Waals surface area contributed by atoms with Gasteiger partial charge >= 0.3 is 5.97 Å². The van der Waals surface area contributed by atoms with Crippen molar-refractivity contribution in [1.82, 2.24) is 5.32 Å². The number of hydrogen-bond acceptors (Lipinski definition) is 5. The van der Waals surface area contributed by atoms with Gasteiger partial charge in [-0.3, -0.25) is 9.59 Å². The van der Waals surface area contributed by atoms with Crippen molar-refractivity contribution >= 4 is 11.9 Å². The van der Waals surface area contributed by atoms with Gasteiger partial charge in [-0.05, 0) is 25.7 Å². The summed E-state index contributed by atoms with van der Waals surface area (Å²) in [6.07, 6.45) is 69.7. The third-order valence-electron chi connectivity index (χ3n) is 15.2. The smallest absolute Gasteiger partial charge is 0.305 e. The Hall–Kier alpha value is -1.14. The third kappa shape index (κ3) is 56.0. The maximum Gasteiger partial charge on any atom is 0.305 e. The van der Waals surface area contributed by atoms with Crippen LogP contribution >= 0.6 is 0 Å². The summed E-state index contributed by atoms with van der Waals surface area (Å²) in [5.74, 6) is -0.0132. The van der Waals surface area contributed by atoms with Crippen molar-refractivity contribution in [3.63, 3.8) is 0 Å². The summed E-state index contributed by atoms with van der Waals surface area (Å²) >= 11 is 0. The minimum atomic E-state index is -0.662. The molecule has 0 saturated carbocycles. The molecule has 0 aliphatic carbocycles. The Labute approximate surface area is 432 Å². The van der Waals surface area contributed by atoms with Crippen molar-refractivity contribution in [2.45, 2.75) is 379 Å². The normalized spacial score (nSPS) is 12.5. The summed E-state index contributed by atoms with van der Waals surface area (Å²) in [6.45, 7) is 4.99. The van der Waals surface area contributed by atoms with Crippen LogP contribution in [0.2, 0.25) is 0 Å². The monoisotopic (exact) mass is 976 g/mol. The van der Waals surface area contributed by atoms with Crippen molar-refractivity contribution in [3.8, 4) is 0 Å². The van der Waals surface area contributed by atoms with Crippen LogP contribution in [0.3, 0.4) is 0 Å². The van der Waals surface area contributed by atoms with E-state index in [1.54, 1.807) is 0 Å². The molecule has 6 nitrogen and oxygen atoms in total. The number of unbranched alkanes of at least 4 members (excludes halogenated alkanes) is 49. The fraction of sp³-hybridized carbons (Fsp3) is 0.968. The molecule has 0 aliphatic rings. The molecule has 0 fully saturated rings. The topological polar surface area (TPSA) is 95.9 Å². The highest BCUT2D eigenvalue weighted by atomic mass is 16.5. The van der Waals surface area contributed by atoms with E-state index in [-0.39, 0.29) is 18.5 Å². The number of aliphatic hydroxyl groups excluding tert-OH is 2. The standard InChI is InChI=1S/C63H125NO5/c1-3-5-7-9-11-13-15-17-28-33-37-41-45-49-53-57-63(68)69-58-54-50-46-42-38-34-30-27-25-23-21-19-20-22-24-26-29-32-36-40-44-48-52-56-62(67)64-60(59-65)61(66)55-51-47-43-39-35-31-18-16-14-12-10-8-6-4-2/h60-61,65-66H,3-59H2,1-2H3,(H,64,67). The molecule has 0 spiro atoms. The van der Waals surface area contributed by atoms with Crippen LogP contribution in [0.1, 0.15) is 367 Å². The lowest BCUT2D eigenvalue weighted by molar-refractivity contribution is -0.143. The molecule has 0 aliphatic heterocycles. The molecule has 0 aromatic rings. The number of aliphatic hydroxyl groups is 2. The van der Waals surface area contributed by atoms with E-state index >= 15 is 0 Å². The Bertz CT molecular complexity index is 990. The molecular weight excluding hydrogens is 851 g/mol. The highest BCUT2D eigenvalue weighted by Crippen LogP contribution is 2.19. The van der Waals surface area contributed by atoms with Gasteiger partial charge in [-0.1, -0.05) is 328 Å². The first kappa shape index (κ1) is 67.9. The van der Waals surface area contributed by atoms with E-state index < -0.39 is 12.1 Å². The van der Waals surface area contributed by atoms with Crippen LogP contribution in [-0.2, 0) is 14.3 Å². The summed E-state index contributed by atoms with van der Waals surface area (Å²) in [4.78, 5) is 24.5. The molecule has 1 amide bonds. The van der Waals surface area contributed by atoms with Crippen LogP contribution in [0, 0.1) is 0 Å². The van der Waals surface area contributed by atoms with E-state index in [0.717, 1.165) is 38.5 Å². The van der Waals surface area contributed by atoms with Crippen LogP contribution in [0.25, 0.3) is 0 Å². The van der Waals surface area contributed by atoms with Crippen LogP contribution < -0.4 is 5.32 Å². The lowest BCUT2D eigenvalue weighted by Crippen LogP contribution is -2.45. The first-order valence-electron chi connectivity index (χ1n) is 31.8. The van der Waals surface area contributed by atoms with Crippen molar-refractivity contribution in [1.29, 1.82) is 0 Å². The molecular formula is C63H125NO5. The second-order valence-corrected chi connectivity index (χ2v) is 22.1. The number of esters is 1. The molecule has 0 rings (SSSR count). The maximum absolute atomic E-state index is 12.5. The molecule has 0 heterocycles. The van der Waals surface area contributed by atoms with Gasteiger partial charge in [0.15, 0.2) is 0 Å². The molecule has 3 N–H and O–H groups in total. The summed E-state index contributed by atoms with van der Waals surface area (Å²) in [5.41, 5.74) is 0. The van der Waals surface area contributed by atoms with Gasteiger partial charge < -0.3 is 20.3 Å². The zero-order valence-electron chi connectivity index (χ0n) is 47.1. The van der Waals surface area contributed by atoms with E-state index in [4.69, 9.17) is 4.74 Å². The van der Waals surface area contributed by atoms with E-state index in [0.29, 0.717) is 25.9 Å². The number of carbonyl (C=O) groups excluding carboxylic acids is 2. The fourth-order valence-electron chi connectivity index (χ4n) is 10.3. The largest absolute Gasteiger partial charge is 0.466 e. The van der Waals surface area contributed by atoms with Gasteiger partial charge in [0, 0.05) is 12.8 Å². The average Bonchev–Trinajstić information content (AvgIpc) is 3.35. The van der Waals surface area contributed by atoms with Crippen LogP contribution in [-0.4, -0.2) is 47.4 Å². The van der Waals surface area contributed by atoms with Crippen molar-refractivity contribution in [3.05, 3.63) is 0 Å². The van der Waals surface area contributed by atoms with Gasteiger partial charge in [0.25, 0.3) is 0 Å². The highest BCUT2D eigenvalue weighted by Gasteiger charge is 2.20.